The highest BCUT2D eigenvalue weighted by atomic mass is 16.2. The highest BCUT2D eigenvalue weighted by Crippen LogP contribution is 2.22. The SMILES string of the molecule is CCC(CCN)CCC(=O)N1CCC(CC(N)=O)CC1. The molecule has 5 nitrogen and oxygen atoms in total. The van der Waals surface area contributed by atoms with E-state index in [9.17, 15) is 9.59 Å². The van der Waals surface area contributed by atoms with Crippen LogP contribution in [0.2, 0.25) is 0 Å². The van der Waals surface area contributed by atoms with Crippen LogP contribution in [0.5, 0.6) is 0 Å². The Morgan fingerprint density at radius 1 is 1.25 bits per heavy atom. The molecule has 0 radical (unpaired) electrons. The summed E-state index contributed by atoms with van der Waals surface area (Å²) < 4.78 is 0. The van der Waals surface area contributed by atoms with Gasteiger partial charge in [-0.1, -0.05) is 13.3 Å². The summed E-state index contributed by atoms with van der Waals surface area (Å²) in [6.07, 6.45) is 5.90. The van der Waals surface area contributed by atoms with E-state index in [1.807, 2.05) is 4.90 Å². The number of piperidine rings is 1. The molecular weight excluding hydrogens is 254 g/mol. The molecule has 4 N–H and O–H groups in total. The van der Waals surface area contributed by atoms with Crippen molar-refractivity contribution in [2.24, 2.45) is 23.3 Å². The Bertz CT molecular complexity index is 312. The second-order valence-electron chi connectivity index (χ2n) is 5.88. The lowest BCUT2D eigenvalue weighted by Crippen LogP contribution is -2.39. The lowest BCUT2D eigenvalue weighted by atomic mass is 9.92. The zero-order valence-electron chi connectivity index (χ0n) is 12.6. The van der Waals surface area contributed by atoms with E-state index in [1.54, 1.807) is 0 Å². The van der Waals surface area contributed by atoms with Crippen LogP contribution in [0.4, 0.5) is 0 Å². The van der Waals surface area contributed by atoms with E-state index in [4.69, 9.17) is 11.5 Å². The molecule has 0 spiro atoms. The second kappa shape index (κ2) is 8.95. The van der Waals surface area contributed by atoms with Gasteiger partial charge in [-0.05, 0) is 44.1 Å². The van der Waals surface area contributed by atoms with Crippen LogP contribution in [0, 0.1) is 11.8 Å². The average molecular weight is 283 g/mol. The van der Waals surface area contributed by atoms with Gasteiger partial charge in [-0.3, -0.25) is 9.59 Å². The smallest absolute Gasteiger partial charge is 0.222 e. The number of nitrogens with two attached hydrogens (primary N) is 2. The molecule has 0 aromatic carbocycles. The number of nitrogens with zero attached hydrogens (tertiary/aromatic N) is 1. The molecule has 1 aliphatic rings. The number of hydrogen-bond donors (Lipinski definition) is 2. The first-order chi connectivity index (χ1) is 9.56. The topological polar surface area (TPSA) is 89.4 Å². The molecule has 116 valence electrons. The maximum absolute atomic E-state index is 12.2. The Labute approximate surface area is 122 Å². The zero-order valence-corrected chi connectivity index (χ0v) is 12.6. The fourth-order valence-electron chi connectivity index (χ4n) is 2.95. The van der Waals surface area contributed by atoms with Crippen molar-refractivity contribution in [1.82, 2.24) is 4.90 Å². The summed E-state index contributed by atoms with van der Waals surface area (Å²) >= 11 is 0. The minimum absolute atomic E-state index is 0.234. The molecule has 0 aromatic rings. The van der Waals surface area contributed by atoms with Crippen molar-refractivity contribution in [2.45, 2.75) is 51.9 Å². The van der Waals surface area contributed by atoms with Gasteiger partial charge in [-0.25, -0.2) is 0 Å². The van der Waals surface area contributed by atoms with Crippen LogP contribution in [0.3, 0.4) is 0 Å². The van der Waals surface area contributed by atoms with Crippen molar-refractivity contribution in [3.63, 3.8) is 0 Å². The minimum Gasteiger partial charge on any atom is -0.370 e. The third-order valence-corrected chi connectivity index (χ3v) is 4.38. The van der Waals surface area contributed by atoms with Gasteiger partial charge in [0.05, 0.1) is 0 Å². The third-order valence-electron chi connectivity index (χ3n) is 4.38. The molecule has 0 aliphatic carbocycles. The standard InChI is InChI=1S/C15H29N3O2/c1-2-12(5-8-16)3-4-15(20)18-9-6-13(7-10-18)11-14(17)19/h12-13H,2-11,16H2,1H3,(H2,17,19). The predicted octanol–water partition coefficient (Wildman–Crippen LogP) is 1.26. The van der Waals surface area contributed by atoms with Crippen molar-refractivity contribution in [2.75, 3.05) is 19.6 Å². The first kappa shape index (κ1) is 17.0. The van der Waals surface area contributed by atoms with Crippen molar-refractivity contribution >= 4 is 11.8 Å². The quantitative estimate of drug-likeness (QED) is 0.702. The van der Waals surface area contributed by atoms with E-state index < -0.39 is 0 Å². The Hall–Kier alpha value is -1.10. The monoisotopic (exact) mass is 283 g/mol. The summed E-state index contributed by atoms with van der Waals surface area (Å²) in [6, 6.07) is 0. The van der Waals surface area contributed by atoms with Crippen LogP contribution < -0.4 is 11.5 Å². The number of carbonyl (C=O) groups is 2. The van der Waals surface area contributed by atoms with Gasteiger partial charge in [0.2, 0.25) is 11.8 Å². The van der Waals surface area contributed by atoms with Gasteiger partial charge in [-0.15, -0.1) is 0 Å². The molecule has 1 fully saturated rings. The number of amides is 2. The van der Waals surface area contributed by atoms with Crippen LogP contribution in [-0.2, 0) is 9.59 Å². The van der Waals surface area contributed by atoms with Gasteiger partial charge in [-0.2, -0.15) is 0 Å². The number of primary amides is 1. The first-order valence-corrected chi connectivity index (χ1v) is 7.82. The van der Waals surface area contributed by atoms with Gasteiger partial charge in [0.25, 0.3) is 0 Å². The van der Waals surface area contributed by atoms with Crippen LogP contribution in [-0.4, -0.2) is 36.3 Å². The maximum atomic E-state index is 12.2. The third kappa shape index (κ3) is 5.90. The average Bonchev–Trinajstić information content (AvgIpc) is 2.43. The molecule has 0 saturated carbocycles. The van der Waals surface area contributed by atoms with E-state index in [0.717, 1.165) is 45.2 Å². The summed E-state index contributed by atoms with van der Waals surface area (Å²) in [4.78, 5) is 25.0. The first-order valence-electron chi connectivity index (χ1n) is 7.82. The van der Waals surface area contributed by atoms with Crippen molar-refractivity contribution in [3.8, 4) is 0 Å². The lowest BCUT2D eigenvalue weighted by molar-refractivity contribution is -0.133. The Kier molecular flexibility index (Phi) is 7.59. The number of likely N-dealkylation sites (tertiary alicyclic amines) is 1. The molecule has 5 heteroatoms. The van der Waals surface area contributed by atoms with Crippen molar-refractivity contribution in [3.05, 3.63) is 0 Å². The molecule has 1 rings (SSSR count). The highest BCUT2D eigenvalue weighted by Gasteiger charge is 2.23. The molecular formula is C15H29N3O2. The fourth-order valence-corrected chi connectivity index (χ4v) is 2.95. The van der Waals surface area contributed by atoms with Gasteiger partial charge in [0, 0.05) is 25.9 Å². The molecule has 20 heavy (non-hydrogen) atoms. The second-order valence-corrected chi connectivity index (χ2v) is 5.88. The Balaban J connectivity index is 2.26. The molecule has 1 heterocycles. The van der Waals surface area contributed by atoms with Crippen LogP contribution in [0.1, 0.15) is 51.9 Å². The fraction of sp³-hybridized carbons (Fsp3) is 0.867. The maximum Gasteiger partial charge on any atom is 0.222 e. The molecule has 1 aliphatic heterocycles. The zero-order chi connectivity index (χ0) is 15.0. The molecule has 1 atom stereocenters. The molecule has 2 amide bonds. The van der Waals surface area contributed by atoms with Crippen LogP contribution in [0.25, 0.3) is 0 Å². The van der Waals surface area contributed by atoms with E-state index in [2.05, 4.69) is 6.92 Å². The Morgan fingerprint density at radius 2 is 1.90 bits per heavy atom. The van der Waals surface area contributed by atoms with Crippen molar-refractivity contribution < 1.29 is 9.59 Å². The summed E-state index contributed by atoms with van der Waals surface area (Å²) in [5, 5.41) is 0. The minimum atomic E-state index is -0.234. The van der Waals surface area contributed by atoms with Crippen molar-refractivity contribution in [1.29, 1.82) is 0 Å². The molecule has 0 bridgehead atoms. The van der Waals surface area contributed by atoms with Gasteiger partial charge in [0.1, 0.15) is 0 Å². The van der Waals surface area contributed by atoms with E-state index in [1.165, 1.54) is 0 Å². The lowest BCUT2D eigenvalue weighted by Gasteiger charge is -2.32. The normalized spacial score (nSPS) is 18.0. The summed E-state index contributed by atoms with van der Waals surface area (Å²) in [6.45, 7) is 4.39. The van der Waals surface area contributed by atoms with Crippen LogP contribution >= 0.6 is 0 Å². The van der Waals surface area contributed by atoms with Gasteiger partial charge < -0.3 is 16.4 Å². The predicted molar refractivity (Wildman–Crippen MR) is 79.8 cm³/mol. The highest BCUT2D eigenvalue weighted by molar-refractivity contribution is 5.76. The Morgan fingerprint density at radius 3 is 2.40 bits per heavy atom. The summed E-state index contributed by atoms with van der Waals surface area (Å²) in [5.41, 5.74) is 10.8. The number of carbonyl (C=O) groups excluding carboxylic acids is 2. The molecule has 1 saturated heterocycles. The molecule has 0 aromatic heterocycles. The van der Waals surface area contributed by atoms with Gasteiger partial charge in [0.15, 0.2) is 0 Å². The van der Waals surface area contributed by atoms with Crippen LogP contribution in [0.15, 0.2) is 0 Å². The summed E-state index contributed by atoms with van der Waals surface area (Å²) in [7, 11) is 0. The number of rotatable bonds is 8. The largest absolute Gasteiger partial charge is 0.370 e. The van der Waals surface area contributed by atoms with E-state index in [0.29, 0.717) is 31.2 Å². The molecule has 1 unspecified atom stereocenters. The van der Waals surface area contributed by atoms with Gasteiger partial charge >= 0.3 is 0 Å². The van der Waals surface area contributed by atoms with E-state index >= 15 is 0 Å². The number of hydrogen-bond acceptors (Lipinski definition) is 3. The summed E-state index contributed by atoms with van der Waals surface area (Å²) in [5.74, 6) is 0.939. The van der Waals surface area contributed by atoms with E-state index in [-0.39, 0.29) is 11.8 Å².